The molecule has 0 spiro atoms. The molecule has 0 saturated carbocycles. The summed E-state index contributed by atoms with van der Waals surface area (Å²) in [5.74, 6) is 0.674. The van der Waals surface area contributed by atoms with Crippen molar-refractivity contribution in [2.75, 3.05) is 13.7 Å². The van der Waals surface area contributed by atoms with E-state index in [9.17, 15) is 5.11 Å². The average molecular weight is 259 g/mol. The van der Waals surface area contributed by atoms with Gasteiger partial charge >= 0.3 is 0 Å². The molecule has 0 bridgehead atoms. The van der Waals surface area contributed by atoms with Gasteiger partial charge in [0.15, 0.2) is 0 Å². The minimum atomic E-state index is -0.599. The Bertz CT molecular complexity index is 353. The fourth-order valence-electron chi connectivity index (χ4n) is 1.51. The summed E-state index contributed by atoms with van der Waals surface area (Å²) in [6, 6.07) is 5.27. The highest BCUT2D eigenvalue weighted by Gasteiger charge is 2.12. The number of hydrogen-bond donors (Lipinski definition) is 1. The molecule has 0 aliphatic rings. The second kappa shape index (κ2) is 6.84. The molecule has 0 saturated heterocycles. The van der Waals surface area contributed by atoms with Gasteiger partial charge in [-0.2, -0.15) is 0 Å². The molecule has 0 heterocycles. The van der Waals surface area contributed by atoms with Crippen molar-refractivity contribution in [1.82, 2.24) is 0 Å². The smallest absolute Gasteiger partial charge is 0.125 e. The first kappa shape index (κ1) is 14.3. The monoisotopic (exact) mass is 258 g/mol. The van der Waals surface area contributed by atoms with Gasteiger partial charge in [0.2, 0.25) is 0 Å². The van der Waals surface area contributed by atoms with Crippen molar-refractivity contribution < 1.29 is 14.6 Å². The van der Waals surface area contributed by atoms with Crippen molar-refractivity contribution in [3.63, 3.8) is 0 Å². The van der Waals surface area contributed by atoms with Crippen LogP contribution >= 0.6 is 11.6 Å². The van der Waals surface area contributed by atoms with Crippen molar-refractivity contribution in [1.29, 1.82) is 0 Å². The van der Waals surface area contributed by atoms with Crippen LogP contribution in [-0.2, 0) is 4.74 Å². The average Bonchev–Trinajstić information content (AvgIpc) is 2.28. The molecule has 0 aliphatic heterocycles. The van der Waals surface area contributed by atoms with Gasteiger partial charge in [-0.15, -0.1) is 0 Å². The Balaban J connectivity index is 2.76. The van der Waals surface area contributed by atoms with Crippen molar-refractivity contribution in [3.8, 4) is 5.75 Å². The summed E-state index contributed by atoms with van der Waals surface area (Å²) in [4.78, 5) is 0. The molecule has 0 fully saturated rings. The van der Waals surface area contributed by atoms with Crippen LogP contribution in [0.3, 0.4) is 0 Å². The molecule has 17 heavy (non-hydrogen) atoms. The highest BCUT2D eigenvalue weighted by atomic mass is 35.5. The van der Waals surface area contributed by atoms with E-state index in [1.54, 1.807) is 32.2 Å². The maximum Gasteiger partial charge on any atom is 0.125 e. The highest BCUT2D eigenvalue weighted by Crippen LogP contribution is 2.29. The minimum absolute atomic E-state index is 0.0358. The number of halogens is 1. The lowest BCUT2D eigenvalue weighted by Gasteiger charge is -2.18. The standard InChI is InChI=1S/C13H19ClO3/c1-9(6-7-16-3)17-13-5-4-11(14)8-12(13)10(2)15/h4-5,8-10,15H,6-7H2,1-3H3. The van der Waals surface area contributed by atoms with Gasteiger partial charge in [0.05, 0.1) is 12.2 Å². The number of rotatable bonds is 6. The summed E-state index contributed by atoms with van der Waals surface area (Å²) >= 11 is 5.89. The molecule has 0 radical (unpaired) electrons. The van der Waals surface area contributed by atoms with E-state index < -0.39 is 6.10 Å². The molecule has 1 aromatic carbocycles. The topological polar surface area (TPSA) is 38.7 Å². The molecule has 1 aromatic rings. The second-order valence-corrected chi connectivity index (χ2v) is 4.50. The lowest BCUT2D eigenvalue weighted by atomic mass is 10.1. The van der Waals surface area contributed by atoms with E-state index in [0.717, 1.165) is 6.42 Å². The molecule has 1 N–H and O–H groups in total. The van der Waals surface area contributed by atoms with Crippen LogP contribution in [0.4, 0.5) is 0 Å². The molecule has 0 amide bonds. The third-order valence-corrected chi connectivity index (χ3v) is 2.71. The maximum atomic E-state index is 9.65. The van der Waals surface area contributed by atoms with Crippen LogP contribution in [0, 0.1) is 0 Å². The normalized spacial score (nSPS) is 14.4. The Morgan fingerprint density at radius 2 is 2.06 bits per heavy atom. The quantitative estimate of drug-likeness (QED) is 0.852. The highest BCUT2D eigenvalue weighted by molar-refractivity contribution is 6.30. The third-order valence-electron chi connectivity index (χ3n) is 2.48. The van der Waals surface area contributed by atoms with Gasteiger partial charge in [-0.05, 0) is 32.0 Å². The fourth-order valence-corrected chi connectivity index (χ4v) is 1.69. The Morgan fingerprint density at radius 1 is 1.35 bits per heavy atom. The largest absolute Gasteiger partial charge is 0.490 e. The predicted molar refractivity (Wildman–Crippen MR) is 68.7 cm³/mol. The molecule has 2 atom stereocenters. The first-order chi connectivity index (χ1) is 8.04. The summed E-state index contributed by atoms with van der Waals surface area (Å²) in [7, 11) is 1.66. The van der Waals surface area contributed by atoms with E-state index in [-0.39, 0.29) is 6.10 Å². The molecule has 4 heteroatoms. The predicted octanol–water partition coefficient (Wildman–Crippen LogP) is 3.20. The van der Waals surface area contributed by atoms with Crippen molar-refractivity contribution in [2.45, 2.75) is 32.5 Å². The van der Waals surface area contributed by atoms with Gasteiger partial charge in [0.25, 0.3) is 0 Å². The van der Waals surface area contributed by atoms with Crippen molar-refractivity contribution in [2.24, 2.45) is 0 Å². The number of benzene rings is 1. The summed E-state index contributed by atoms with van der Waals surface area (Å²) in [5.41, 5.74) is 0.710. The van der Waals surface area contributed by atoms with Gasteiger partial charge in [-0.25, -0.2) is 0 Å². The van der Waals surface area contributed by atoms with Crippen LogP contribution in [0.15, 0.2) is 18.2 Å². The number of methoxy groups -OCH3 is 1. The lowest BCUT2D eigenvalue weighted by Crippen LogP contribution is -2.15. The maximum absolute atomic E-state index is 9.65. The van der Waals surface area contributed by atoms with E-state index in [4.69, 9.17) is 21.1 Å². The molecule has 2 unspecified atom stereocenters. The third kappa shape index (κ3) is 4.54. The second-order valence-electron chi connectivity index (χ2n) is 4.07. The summed E-state index contributed by atoms with van der Waals surface area (Å²) in [6.07, 6.45) is 0.241. The number of aliphatic hydroxyl groups is 1. The van der Waals surface area contributed by atoms with E-state index in [1.165, 1.54) is 0 Å². The number of hydrogen-bond acceptors (Lipinski definition) is 3. The van der Waals surface area contributed by atoms with E-state index in [2.05, 4.69) is 0 Å². The molecule has 1 rings (SSSR count). The van der Waals surface area contributed by atoms with Crippen LogP contribution in [0.25, 0.3) is 0 Å². The first-order valence-corrected chi connectivity index (χ1v) is 6.05. The van der Waals surface area contributed by atoms with Crippen LogP contribution in [0.1, 0.15) is 31.9 Å². The van der Waals surface area contributed by atoms with Gasteiger partial charge in [0, 0.05) is 30.7 Å². The fraction of sp³-hybridized carbons (Fsp3) is 0.538. The van der Waals surface area contributed by atoms with Crippen molar-refractivity contribution >= 4 is 11.6 Å². The van der Waals surface area contributed by atoms with E-state index in [1.807, 2.05) is 6.92 Å². The molecular weight excluding hydrogens is 240 g/mol. The Hall–Kier alpha value is -0.770. The summed E-state index contributed by atoms with van der Waals surface area (Å²) in [6.45, 7) is 4.32. The van der Waals surface area contributed by atoms with Gasteiger partial charge in [0.1, 0.15) is 5.75 Å². The van der Waals surface area contributed by atoms with Gasteiger partial charge in [-0.3, -0.25) is 0 Å². The molecular formula is C13H19ClO3. The van der Waals surface area contributed by atoms with Gasteiger partial charge < -0.3 is 14.6 Å². The number of ether oxygens (including phenoxy) is 2. The van der Waals surface area contributed by atoms with Crippen LogP contribution < -0.4 is 4.74 Å². The Morgan fingerprint density at radius 3 is 2.65 bits per heavy atom. The lowest BCUT2D eigenvalue weighted by molar-refractivity contribution is 0.130. The molecule has 3 nitrogen and oxygen atoms in total. The molecule has 0 aromatic heterocycles. The Labute approximate surface area is 107 Å². The van der Waals surface area contributed by atoms with Crippen LogP contribution in [0.5, 0.6) is 5.75 Å². The van der Waals surface area contributed by atoms with Gasteiger partial charge in [-0.1, -0.05) is 11.6 Å². The summed E-state index contributed by atoms with van der Waals surface area (Å²) < 4.78 is 10.8. The van der Waals surface area contributed by atoms with Crippen LogP contribution in [0.2, 0.25) is 5.02 Å². The van der Waals surface area contributed by atoms with Crippen molar-refractivity contribution in [3.05, 3.63) is 28.8 Å². The molecule has 0 aliphatic carbocycles. The summed E-state index contributed by atoms with van der Waals surface area (Å²) in [5, 5.41) is 10.2. The number of aliphatic hydroxyl groups excluding tert-OH is 1. The Kier molecular flexibility index (Phi) is 5.75. The minimum Gasteiger partial charge on any atom is -0.490 e. The van der Waals surface area contributed by atoms with E-state index in [0.29, 0.717) is 22.9 Å². The zero-order chi connectivity index (χ0) is 12.8. The van der Waals surface area contributed by atoms with Crippen LogP contribution in [-0.4, -0.2) is 24.9 Å². The van der Waals surface area contributed by atoms with E-state index >= 15 is 0 Å². The molecule has 96 valence electrons. The first-order valence-electron chi connectivity index (χ1n) is 5.67. The SMILES string of the molecule is COCCC(C)Oc1ccc(Cl)cc1C(C)O. The zero-order valence-electron chi connectivity index (χ0n) is 10.4. The zero-order valence-corrected chi connectivity index (χ0v) is 11.2.